The zero-order valence-corrected chi connectivity index (χ0v) is 13.1. The molecule has 0 aliphatic heterocycles. The number of hydrogen-bond acceptors (Lipinski definition) is 4. The van der Waals surface area contributed by atoms with E-state index in [1.807, 2.05) is 36.4 Å². The molecule has 120 valence electrons. The Kier molecular flexibility index (Phi) is 5.74. The Morgan fingerprint density at radius 3 is 2.04 bits per heavy atom. The third-order valence-corrected chi connectivity index (χ3v) is 3.09. The summed E-state index contributed by atoms with van der Waals surface area (Å²) in [6.45, 7) is 3.10. The minimum Gasteiger partial charge on any atom is -0.479 e. The van der Waals surface area contributed by atoms with Crippen LogP contribution in [0.2, 0.25) is 0 Å². The van der Waals surface area contributed by atoms with Crippen LogP contribution in [-0.4, -0.2) is 24.1 Å². The van der Waals surface area contributed by atoms with Crippen LogP contribution in [0.1, 0.15) is 13.8 Å². The summed E-state index contributed by atoms with van der Waals surface area (Å²) in [5, 5.41) is 2.68. The Morgan fingerprint density at radius 1 is 0.870 bits per heavy atom. The zero-order valence-electron chi connectivity index (χ0n) is 13.1. The number of ether oxygens (including phenoxy) is 2. The van der Waals surface area contributed by atoms with E-state index in [4.69, 9.17) is 9.47 Å². The average molecular weight is 313 g/mol. The molecule has 1 N–H and O–H groups in total. The molecule has 0 radical (unpaired) electrons. The zero-order chi connectivity index (χ0) is 16.7. The summed E-state index contributed by atoms with van der Waals surface area (Å²) < 4.78 is 10.6. The van der Waals surface area contributed by atoms with Gasteiger partial charge in [0.2, 0.25) is 0 Å². The van der Waals surface area contributed by atoms with E-state index < -0.39 is 24.1 Å². The molecule has 0 heterocycles. The second kappa shape index (κ2) is 7.98. The van der Waals surface area contributed by atoms with Gasteiger partial charge in [0.05, 0.1) is 0 Å². The van der Waals surface area contributed by atoms with Crippen molar-refractivity contribution in [2.45, 2.75) is 26.1 Å². The van der Waals surface area contributed by atoms with Crippen molar-refractivity contribution in [2.75, 3.05) is 5.32 Å². The fraction of sp³-hybridized carbons (Fsp3) is 0.222. The van der Waals surface area contributed by atoms with Gasteiger partial charge in [-0.3, -0.25) is 4.79 Å². The summed E-state index contributed by atoms with van der Waals surface area (Å²) in [4.78, 5) is 24.0. The molecule has 2 rings (SSSR count). The normalized spacial score (nSPS) is 12.8. The molecule has 0 saturated carbocycles. The van der Waals surface area contributed by atoms with E-state index in [2.05, 4.69) is 5.32 Å². The maximum absolute atomic E-state index is 12.0. The molecule has 2 atom stereocenters. The van der Waals surface area contributed by atoms with Crippen molar-refractivity contribution in [2.24, 2.45) is 0 Å². The highest BCUT2D eigenvalue weighted by Crippen LogP contribution is 2.12. The van der Waals surface area contributed by atoms with Crippen LogP contribution < -0.4 is 10.1 Å². The SMILES string of the molecule is C[C@H](Oc1ccccc1)C(=O)O[C@H](C)C(=O)Nc1ccccc1. The van der Waals surface area contributed by atoms with Gasteiger partial charge in [0.15, 0.2) is 12.2 Å². The monoisotopic (exact) mass is 313 g/mol. The summed E-state index contributed by atoms with van der Waals surface area (Å²) in [6.07, 6.45) is -1.71. The second-order valence-corrected chi connectivity index (χ2v) is 5.01. The fourth-order valence-corrected chi connectivity index (χ4v) is 1.84. The molecule has 0 unspecified atom stereocenters. The van der Waals surface area contributed by atoms with Gasteiger partial charge in [0.1, 0.15) is 5.75 Å². The highest BCUT2D eigenvalue weighted by atomic mass is 16.6. The summed E-state index contributed by atoms with van der Waals surface area (Å²) >= 11 is 0. The number of carbonyl (C=O) groups excluding carboxylic acids is 2. The Hall–Kier alpha value is -2.82. The number of nitrogens with one attached hydrogen (secondary N) is 1. The predicted octanol–water partition coefficient (Wildman–Crippen LogP) is 3.02. The minimum absolute atomic E-state index is 0.392. The van der Waals surface area contributed by atoms with Crippen molar-refractivity contribution in [1.82, 2.24) is 0 Å². The van der Waals surface area contributed by atoms with Crippen LogP contribution in [0.3, 0.4) is 0 Å². The van der Waals surface area contributed by atoms with Crippen LogP contribution in [0, 0.1) is 0 Å². The van der Waals surface area contributed by atoms with E-state index in [0.717, 1.165) is 0 Å². The lowest BCUT2D eigenvalue weighted by molar-refractivity contribution is -0.159. The molecule has 0 spiro atoms. The van der Waals surface area contributed by atoms with Gasteiger partial charge in [-0.2, -0.15) is 0 Å². The van der Waals surface area contributed by atoms with E-state index in [9.17, 15) is 9.59 Å². The molecule has 0 aliphatic rings. The summed E-state index contributed by atoms with van der Waals surface area (Å²) in [6, 6.07) is 17.9. The van der Waals surface area contributed by atoms with Crippen LogP contribution in [0.25, 0.3) is 0 Å². The number of para-hydroxylation sites is 2. The Labute approximate surface area is 135 Å². The number of rotatable bonds is 6. The van der Waals surface area contributed by atoms with Gasteiger partial charge in [-0.05, 0) is 38.1 Å². The molecular formula is C18H19NO4. The van der Waals surface area contributed by atoms with Gasteiger partial charge in [-0.25, -0.2) is 4.79 Å². The van der Waals surface area contributed by atoms with Gasteiger partial charge in [-0.15, -0.1) is 0 Å². The van der Waals surface area contributed by atoms with Gasteiger partial charge in [0, 0.05) is 5.69 Å². The number of benzene rings is 2. The topological polar surface area (TPSA) is 64.6 Å². The van der Waals surface area contributed by atoms with Crippen LogP contribution in [0.15, 0.2) is 60.7 Å². The lowest BCUT2D eigenvalue weighted by Crippen LogP contribution is -2.35. The Bertz CT molecular complexity index is 643. The molecule has 2 aromatic rings. The maximum atomic E-state index is 12.0. The molecule has 5 heteroatoms. The third-order valence-electron chi connectivity index (χ3n) is 3.09. The van der Waals surface area contributed by atoms with E-state index in [1.54, 1.807) is 31.2 Å². The summed E-state index contributed by atoms with van der Waals surface area (Å²) in [7, 11) is 0. The Morgan fingerprint density at radius 2 is 1.43 bits per heavy atom. The number of anilines is 1. The van der Waals surface area contributed by atoms with E-state index in [1.165, 1.54) is 6.92 Å². The van der Waals surface area contributed by atoms with Crippen LogP contribution >= 0.6 is 0 Å². The van der Waals surface area contributed by atoms with Crippen molar-refractivity contribution in [1.29, 1.82) is 0 Å². The third kappa shape index (κ3) is 5.14. The van der Waals surface area contributed by atoms with Gasteiger partial charge in [-0.1, -0.05) is 36.4 Å². The number of esters is 1. The maximum Gasteiger partial charge on any atom is 0.347 e. The molecular weight excluding hydrogens is 294 g/mol. The largest absolute Gasteiger partial charge is 0.479 e. The van der Waals surface area contributed by atoms with Crippen LogP contribution in [0.4, 0.5) is 5.69 Å². The molecule has 0 aliphatic carbocycles. The highest BCUT2D eigenvalue weighted by molar-refractivity contribution is 5.95. The van der Waals surface area contributed by atoms with Crippen LogP contribution in [-0.2, 0) is 14.3 Å². The molecule has 1 amide bonds. The fourth-order valence-electron chi connectivity index (χ4n) is 1.84. The quantitative estimate of drug-likeness (QED) is 0.833. The average Bonchev–Trinajstić information content (AvgIpc) is 2.56. The molecule has 23 heavy (non-hydrogen) atoms. The van der Waals surface area contributed by atoms with Gasteiger partial charge >= 0.3 is 5.97 Å². The molecule has 0 bridgehead atoms. The molecule has 0 aromatic heterocycles. The van der Waals surface area contributed by atoms with Crippen molar-refractivity contribution in [3.8, 4) is 5.75 Å². The molecule has 0 saturated heterocycles. The lowest BCUT2D eigenvalue weighted by Gasteiger charge is -2.17. The first-order valence-corrected chi connectivity index (χ1v) is 7.34. The number of amides is 1. The van der Waals surface area contributed by atoms with Gasteiger partial charge in [0.25, 0.3) is 5.91 Å². The summed E-state index contributed by atoms with van der Waals surface area (Å²) in [5.41, 5.74) is 0.647. The van der Waals surface area contributed by atoms with Crippen LogP contribution in [0.5, 0.6) is 5.75 Å². The first-order chi connectivity index (χ1) is 11.1. The van der Waals surface area contributed by atoms with Crippen molar-refractivity contribution in [3.05, 3.63) is 60.7 Å². The molecule has 5 nitrogen and oxygen atoms in total. The van der Waals surface area contributed by atoms with Crippen molar-refractivity contribution in [3.63, 3.8) is 0 Å². The molecule has 0 fully saturated rings. The standard InChI is InChI=1S/C18H19NO4/c1-13(17(20)19-15-9-5-3-6-10-15)23-18(21)14(2)22-16-11-7-4-8-12-16/h3-14H,1-2H3,(H,19,20)/t13-,14+/m1/s1. The smallest absolute Gasteiger partial charge is 0.347 e. The molecule has 2 aromatic carbocycles. The highest BCUT2D eigenvalue weighted by Gasteiger charge is 2.23. The Balaban J connectivity index is 1.85. The van der Waals surface area contributed by atoms with E-state index >= 15 is 0 Å². The van der Waals surface area contributed by atoms with E-state index in [-0.39, 0.29) is 0 Å². The predicted molar refractivity (Wildman–Crippen MR) is 87.2 cm³/mol. The first kappa shape index (κ1) is 16.5. The lowest BCUT2D eigenvalue weighted by atomic mass is 10.3. The van der Waals surface area contributed by atoms with Gasteiger partial charge < -0.3 is 14.8 Å². The second-order valence-electron chi connectivity index (χ2n) is 5.01. The number of carbonyl (C=O) groups is 2. The minimum atomic E-state index is -0.912. The van der Waals surface area contributed by atoms with Crippen molar-refractivity contribution >= 4 is 17.6 Å². The van der Waals surface area contributed by atoms with Crippen molar-refractivity contribution < 1.29 is 19.1 Å². The first-order valence-electron chi connectivity index (χ1n) is 7.34. The summed E-state index contributed by atoms with van der Waals surface area (Å²) in [5.74, 6) is -0.417. The van der Waals surface area contributed by atoms with E-state index in [0.29, 0.717) is 11.4 Å². The number of hydrogen-bond donors (Lipinski definition) is 1.